The number of rotatable bonds is 2. The lowest BCUT2D eigenvalue weighted by Gasteiger charge is -2.06. The Kier molecular flexibility index (Phi) is 3.25. The molecule has 0 spiro atoms. The molecule has 0 aliphatic heterocycles. The maximum atomic E-state index is 5.50. The first-order chi connectivity index (χ1) is 9.34. The summed E-state index contributed by atoms with van der Waals surface area (Å²) in [6.45, 7) is 0. The van der Waals surface area contributed by atoms with Gasteiger partial charge in [-0.1, -0.05) is 72.9 Å². The summed E-state index contributed by atoms with van der Waals surface area (Å²) in [5.41, 5.74) is 4.40. The molecule has 0 unspecified atom stereocenters. The van der Waals surface area contributed by atoms with Crippen LogP contribution in [0.4, 0.5) is 0 Å². The van der Waals surface area contributed by atoms with Gasteiger partial charge in [0.05, 0.1) is 0 Å². The highest BCUT2D eigenvalue weighted by Crippen LogP contribution is 2.23. The first-order valence-electron chi connectivity index (χ1n) is 6.18. The SMILES string of the molecule is S=c1cc(-c2ccccc2)[nH]cc1-c1ccccc1. The van der Waals surface area contributed by atoms with Crippen LogP contribution in [-0.2, 0) is 0 Å². The normalized spacial score (nSPS) is 10.3. The molecule has 0 saturated carbocycles. The Morgan fingerprint density at radius 1 is 0.737 bits per heavy atom. The Hall–Kier alpha value is -2.19. The zero-order valence-corrected chi connectivity index (χ0v) is 11.2. The van der Waals surface area contributed by atoms with Gasteiger partial charge in [-0.2, -0.15) is 0 Å². The van der Waals surface area contributed by atoms with Crippen LogP contribution in [0.15, 0.2) is 72.9 Å². The average molecular weight is 263 g/mol. The fourth-order valence-electron chi connectivity index (χ4n) is 2.10. The maximum Gasteiger partial charge on any atom is 0.0491 e. The fraction of sp³-hybridized carbons (Fsp3) is 0. The van der Waals surface area contributed by atoms with Crippen molar-refractivity contribution in [2.75, 3.05) is 0 Å². The lowest BCUT2D eigenvalue weighted by atomic mass is 10.1. The van der Waals surface area contributed by atoms with Gasteiger partial charge in [0.15, 0.2) is 0 Å². The van der Waals surface area contributed by atoms with Gasteiger partial charge in [-0.05, 0) is 17.2 Å². The van der Waals surface area contributed by atoms with Crippen LogP contribution in [0.5, 0.6) is 0 Å². The van der Waals surface area contributed by atoms with Gasteiger partial charge in [0.2, 0.25) is 0 Å². The van der Waals surface area contributed by atoms with E-state index in [-0.39, 0.29) is 0 Å². The predicted molar refractivity (Wildman–Crippen MR) is 82.5 cm³/mol. The number of nitrogens with one attached hydrogen (secondary N) is 1. The molecular weight excluding hydrogens is 250 g/mol. The average Bonchev–Trinajstić information content (AvgIpc) is 2.49. The summed E-state index contributed by atoms with van der Waals surface area (Å²) in [5, 5.41) is 0. The molecule has 1 nitrogen and oxygen atoms in total. The summed E-state index contributed by atoms with van der Waals surface area (Å²) in [4.78, 5) is 3.33. The molecule has 1 N–H and O–H groups in total. The van der Waals surface area contributed by atoms with Gasteiger partial charge < -0.3 is 4.98 Å². The topological polar surface area (TPSA) is 15.8 Å². The van der Waals surface area contributed by atoms with Crippen molar-refractivity contribution in [1.29, 1.82) is 0 Å². The van der Waals surface area contributed by atoms with Gasteiger partial charge in [-0.25, -0.2) is 0 Å². The second-order valence-corrected chi connectivity index (χ2v) is 4.80. The van der Waals surface area contributed by atoms with Crippen molar-refractivity contribution in [3.05, 3.63) is 77.4 Å². The van der Waals surface area contributed by atoms with Crippen LogP contribution in [0.2, 0.25) is 0 Å². The monoisotopic (exact) mass is 263 g/mol. The quantitative estimate of drug-likeness (QED) is 0.638. The Bertz CT molecular complexity index is 730. The van der Waals surface area contributed by atoms with E-state index in [1.165, 1.54) is 0 Å². The third-order valence-electron chi connectivity index (χ3n) is 3.08. The van der Waals surface area contributed by atoms with E-state index in [0.717, 1.165) is 26.9 Å². The standard InChI is InChI=1S/C17H13NS/c19-17-11-16(14-9-5-2-6-10-14)18-12-15(17)13-7-3-1-4-8-13/h1-12H,(H,18,19). The van der Waals surface area contributed by atoms with Crippen molar-refractivity contribution in [2.45, 2.75) is 0 Å². The Labute approximate surface area is 117 Å². The molecular formula is C17H13NS. The van der Waals surface area contributed by atoms with Crippen LogP contribution < -0.4 is 0 Å². The van der Waals surface area contributed by atoms with Gasteiger partial charge in [0.25, 0.3) is 0 Å². The molecule has 0 atom stereocenters. The van der Waals surface area contributed by atoms with Crippen molar-refractivity contribution in [3.63, 3.8) is 0 Å². The van der Waals surface area contributed by atoms with Crippen LogP contribution in [0.25, 0.3) is 22.4 Å². The lowest BCUT2D eigenvalue weighted by molar-refractivity contribution is 1.32. The number of H-pyrrole nitrogens is 1. The number of pyridine rings is 1. The highest BCUT2D eigenvalue weighted by atomic mass is 32.1. The smallest absolute Gasteiger partial charge is 0.0491 e. The van der Waals surface area contributed by atoms with E-state index in [2.05, 4.69) is 29.2 Å². The predicted octanol–water partition coefficient (Wildman–Crippen LogP) is 5.08. The van der Waals surface area contributed by atoms with E-state index in [9.17, 15) is 0 Å². The zero-order chi connectivity index (χ0) is 13.1. The van der Waals surface area contributed by atoms with Crippen LogP contribution in [0, 0.1) is 4.51 Å². The van der Waals surface area contributed by atoms with Crippen molar-refractivity contribution >= 4 is 12.2 Å². The van der Waals surface area contributed by atoms with E-state index in [0.29, 0.717) is 0 Å². The molecule has 0 saturated heterocycles. The number of aromatic amines is 1. The molecule has 3 rings (SSSR count). The van der Waals surface area contributed by atoms with Gasteiger partial charge >= 0.3 is 0 Å². The first-order valence-corrected chi connectivity index (χ1v) is 6.59. The summed E-state index contributed by atoms with van der Waals surface area (Å²) in [5.74, 6) is 0. The Morgan fingerprint density at radius 2 is 1.32 bits per heavy atom. The molecule has 92 valence electrons. The van der Waals surface area contributed by atoms with Gasteiger partial charge in [-0.3, -0.25) is 0 Å². The second kappa shape index (κ2) is 5.21. The molecule has 19 heavy (non-hydrogen) atoms. The van der Waals surface area contributed by atoms with Crippen molar-refractivity contribution in [2.24, 2.45) is 0 Å². The van der Waals surface area contributed by atoms with E-state index in [1.807, 2.05) is 48.7 Å². The third-order valence-corrected chi connectivity index (χ3v) is 3.42. The molecule has 3 aromatic rings. The van der Waals surface area contributed by atoms with Crippen LogP contribution in [0.3, 0.4) is 0 Å². The molecule has 2 aromatic carbocycles. The lowest BCUT2D eigenvalue weighted by Crippen LogP contribution is -1.86. The van der Waals surface area contributed by atoms with Crippen molar-refractivity contribution in [1.82, 2.24) is 4.98 Å². The summed E-state index contributed by atoms with van der Waals surface area (Å²) in [7, 11) is 0. The van der Waals surface area contributed by atoms with Crippen LogP contribution in [-0.4, -0.2) is 4.98 Å². The molecule has 0 aliphatic rings. The summed E-state index contributed by atoms with van der Waals surface area (Å²) in [6, 6.07) is 22.4. The molecule has 0 fully saturated rings. The number of hydrogen-bond donors (Lipinski definition) is 1. The summed E-state index contributed by atoms with van der Waals surface area (Å²) < 4.78 is 0.865. The number of hydrogen-bond acceptors (Lipinski definition) is 1. The van der Waals surface area contributed by atoms with Crippen LogP contribution >= 0.6 is 12.2 Å². The molecule has 1 aromatic heterocycles. The minimum atomic E-state index is 0.865. The first kappa shape index (κ1) is 11.9. The maximum absolute atomic E-state index is 5.50. The summed E-state index contributed by atoms with van der Waals surface area (Å²) in [6.07, 6.45) is 1.99. The Morgan fingerprint density at radius 3 is 1.89 bits per heavy atom. The Balaban J connectivity index is 2.07. The fourth-order valence-corrected chi connectivity index (χ4v) is 2.39. The van der Waals surface area contributed by atoms with E-state index in [1.54, 1.807) is 0 Å². The highest BCUT2D eigenvalue weighted by molar-refractivity contribution is 7.71. The highest BCUT2D eigenvalue weighted by Gasteiger charge is 2.02. The van der Waals surface area contributed by atoms with E-state index in [4.69, 9.17) is 12.2 Å². The van der Waals surface area contributed by atoms with Crippen LogP contribution in [0.1, 0.15) is 0 Å². The van der Waals surface area contributed by atoms with Crippen molar-refractivity contribution < 1.29 is 0 Å². The number of benzene rings is 2. The molecule has 0 radical (unpaired) electrons. The number of aromatic nitrogens is 1. The summed E-state index contributed by atoms with van der Waals surface area (Å²) >= 11 is 5.50. The molecule has 0 bridgehead atoms. The molecule has 2 heteroatoms. The minimum Gasteiger partial charge on any atom is -0.360 e. The van der Waals surface area contributed by atoms with Crippen molar-refractivity contribution in [3.8, 4) is 22.4 Å². The second-order valence-electron chi connectivity index (χ2n) is 4.36. The van der Waals surface area contributed by atoms with E-state index < -0.39 is 0 Å². The van der Waals surface area contributed by atoms with Gasteiger partial charge in [-0.15, -0.1) is 0 Å². The van der Waals surface area contributed by atoms with Gasteiger partial charge in [0.1, 0.15) is 0 Å². The molecule has 0 aliphatic carbocycles. The largest absolute Gasteiger partial charge is 0.360 e. The zero-order valence-electron chi connectivity index (χ0n) is 10.3. The minimum absolute atomic E-state index is 0.865. The third kappa shape index (κ3) is 2.49. The van der Waals surface area contributed by atoms with E-state index >= 15 is 0 Å². The molecule has 1 heterocycles. The van der Waals surface area contributed by atoms with Gasteiger partial charge in [0, 0.05) is 22.0 Å². The molecule has 0 amide bonds.